The summed E-state index contributed by atoms with van der Waals surface area (Å²) in [5, 5.41) is 0.794. The Morgan fingerprint density at radius 2 is 1.91 bits per heavy atom. The number of methoxy groups -OCH3 is 1. The predicted octanol–water partition coefficient (Wildman–Crippen LogP) is 5.90. The molecule has 43 heavy (non-hydrogen) atoms. The van der Waals surface area contributed by atoms with Gasteiger partial charge in [-0.05, 0) is 68.1 Å². The van der Waals surface area contributed by atoms with E-state index in [9.17, 15) is 4.79 Å². The molecule has 0 bridgehead atoms. The number of carbonyl (C=O) groups excluding carboxylic acids is 1. The molecule has 220 valence electrons. The summed E-state index contributed by atoms with van der Waals surface area (Å²) in [5.74, 6) is 2.45. The summed E-state index contributed by atoms with van der Waals surface area (Å²) in [6.07, 6.45) is 4.17. The maximum atomic E-state index is 13.0. The summed E-state index contributed by atoms with van der Waals surface area (Å²) in [6.45, 7) is 6.04. The first-order valence-corrected chi connectivity index (χ1v) is 14.9. The van der Waals surface area contributed by atoms with Gasteiger partial charge < -0.3 is 23.8 Å². The van der Waals surface area contributed by atoms with E-state index in [0.29, 0.717) is 23.1 Å². The van der Waals surface area contributed by atoms with Gasteiger partial charge in [0, 0.05) is 25.7 Å². The third-order valence-electron chi connectivity index (χ3n) is 7.66. The van der Waals surface area contributed by atoms with E-state index < -0.39 is 12.4 Å². The molecule has 0 radical (unpaired) electrons. The van der Waals surface area contributed by atoms with Crippen LogP contribution in [0.5, 0.6) is 17.4 Å². The Balaban J connectivity index is 1.11. The maximum absolute atomic E-state index is 13.0. The molecule has 0 N–H and O–H groups in total. The second-order valence-electron chi connectivity index (χ2n) is 10.7. The average Bonchev–Trinajstić information content (AvgIpc) is 3.72. The van der Waals surface area contributed by atoms with Crippen LogP contribution in [0.1, 0.15) is 24.0 Å². The smallest absolute Gasteiger partial charge is 0.417 e. The van der Waals surface area contributed by atoms with Gasteiger partial charge in [-0.3, -0.25) is 4.90 Å². The Hall–Kier alpha value is -4.71. The van der Waals surface area contributed by atoms with Crippen LogP contribution in [-0.2, 0) is 4.74 Å². The van der Waals surface area contributed by atoms with Crippen molar-refractivity contribution in [3.63, 3.8) is 0 Å². The number of benzene rings is 2. The largest absolute Gasteiger partial charge is 0.480 e. The number of hydrogen-bond donors (Lipinski definition) is 0. The number of pyridine rings is 1. The molecule has 1 unspecified atom stereocenters. The lowest BCUT2D eigenvalue weighted by molar-refractivity contribution is -0.0718. The number of amides is 1. The minimum atomic E-state index is -0.908. The van der Waals surface area contributed by atoms with E-state index in [-0.39, 0.29) is 6.61 Å². The number of ether oxygens (including phenoxy) is 4. The van der Waals surface area contributed by atoms with Gasteiger partial charge in [0.05, 0.1) is 41.7 Å². The number of thiazole rings is 1. The molecule has 0 aliphatic carbocycles. The SMILES string of the molecule is COc1cnc2c(-c3nc4c(C)cc5c(c4s3)OCC(OC(=O)N(C)c3ccc(N4CCCC4)nc3)O5)cc(C)cc2n1. The fourth-order valence-electron chi connectivity index (χ4n) is 5.42. The summed E-state index contributed by atoms with van der Waals surface area (Å²) in [6, 6.07) is 9.70. The molecular formula is C31H30N6O5S. The lowest BCUT2D eigenvalue weighted by Gasteiger charge is -2.28. The molecule has 5 aromatic rings. The monoisotopic (exact) mass is 598 g/mol. The number of nitrogens with zero attached hydrogens (tertiary/aromatic N) is 6. The van der Waals surface area contributed by atoms with Gasteiger partial charge >= 0.3 is 6.09 Å². The van der Waals surface area contributed by atoms with Crippen molar-refractivity contribution in [2.75, 3.05) is 43.7 Å². The number of rotatable bonds is 5. The van der Waals surface area contributed by atoms with Crippen LogP contribution in [0, 0.1) is 13.8 Å². The normalized spacial score (nSPS) is 16.1. The molecule has 1 amide bonds. The van der Waals surface area contributed by atoms with Crippen LogP contribution in [-0.4, -0.2) is 66.2 Å². The molecule has 12 heteroatoms. The third-order valence-corrected chi connectivity index (χ3v) is 8.75. The van der Waals surface area contributed by atoms with E-state index >= 15 is 0 Å². The average molecular weight is 599 g/mol. The molecule has 11 nitrogen and oxygen atoms in total. The van der Waals surface area contributed by atoms with Crippen molar-refractivity contribution < 1.29 is 23.7 Å². The van der Waals surface area contributed by atoms with E-state index in [2.05, 4.69) is 25.9 Å². The molecule has 1 atom stereocenters. The zero-order valence-electron chi connectivity index (χ0n) is 24.3. The molecule has 1 fully saturated rings. The quantitative estimate of drug-likeness (QED) is 0.242. The number of carbonyl (C=O) groups is 1. The van der Waals surface area contributed by atoms with Gasteiger partial charge in [0.1, 0.15) is 15.5 Å². The van der Waals surface area contributed by atoms with E-state index in [1.54, 1.807) is 26.6 Å². The highest BCUT2D eigenvalue weighted by Crippen LogP contribution is 2.46. The van der Waals surface area contributed by atoms with E-state index in [0.717, 1.165) is 61.9 Å². The van der Waals surface area contributed by atoms with Gasteiger partial charge in [-0.1, -0.05) is 0 Å². The van der Waals surface area contributed by atoms with Crippen molar-refractivity contribution in [1.29, 1.82) is 0 Å². The molecule has 7 rings (SSSR count). The number of aromatic nitrogens is 4. The maximum Gasteiger partial charge on any atom is 0.417 e. The first-order chi connectivity index (χ1) is 20.9. The van der Waals surface area contributed by atoms with Crippen molar-refractivity contribution in [2.45, 2.75) is 33.0 Å². The number of anilines is 2. The molecule has 5 heterocycles. The Morgan fingerprint density at radius 1 is 1.07 bits per heavy atom. The lowest BCUT2D eigenvalue weighted by Crippen LogP contribution is -2.38. The van der Waals surface area contributed by atoms with Gasteiger partial charge in [0.15, 0.2) is 18.1 Å². The molecule has 2 aromatic carbocycles. The summed E-state index contributed by atoms with van der Waals surface area (Å²) in [5.41, 5.74) is 5.76. The summed E-state index contributed by atoms with van der Waals surface area (Å²) in [4.78, 5) is 35.3. The predicted molar refractivity (Wildman–Crippen MR) is 165 cm³/mol. The Morgan fingerprint density at radius 3 is 2.67 bits per heavy atom. The topological polar surface area (TPSA) is 112 Å². The van der Waals surface area contributed by atoms with Gasteiger partial charge in [0.2, 0.25) is 5.88 Å². The van der Waals surface area contributed by atoms with Crippen LogP contribution in [0.2, 0.25) is 0 Å². The molecular weight excluding hydrogens is 568 g/mol. The number of aryl methyl sites for hydroxylation is 2. The van der Waals surface area contributed by atoms with E-state index in [1.807, 2.05) is 38.1 Å². The van der Waals surface area contributed by atoms with Crippen molar-refractivity contribution >= 4 is 50.2 Å². The molecule has 2 aliphatic rings. The highest BCUT2D eigenvalue weighted by atomic mass is 32.1. The van der Waals surface area contributed by atoms with Crippen molar-refractivity contribution in [3.8, 4) is 28.0 Å². The van der Waals surface area contributed by atoms with Crippen molar-refractivity contribution in [1.82, 2.24) is 19.9 Å². The molecule has 1 saturated heterocycles. The van der Waals surface area contributed by atoms with Crippen LogP contribution in [0.3, 0.4) is 0 Å². The van der Waals surface area contributed by atoms with Gasteiger partial charge in [0.25, 0.3) is 6.29 Å². The fraction of sp³-hybridized carbons (Fsp3) is 0.323. The van der Waals surface area contributed by atoms with Crippen LogP contribution in [0.25, 0.3) is 31.8 Å². The van der Waals surface area contributed by atoms with Gasteiger partial charge in [-0.25, -0.2) is 24.7 Å². The Kier molecular flexibility index (Phi) is 6.85. The highest BCUT2D eigenvalue weighted by Gasteiger charge is 2.30. The van der Waals surface area contributed by atoms with Crippen LogP contribution >= 0.6 is 11.3 Å². The van der Waals surface area contributed by atoms with Crippen molar-refractivity contribution in [2.24, 2.45) is 0 Å². The Labute approximate surface area is 252 Å². The fourth-order valence-corrected chi connectivity index (χ4v) is 6.58. The minimum Gasteiger partial charge on any atom is -0.480 e. The summed E-state index contributed by atoms with van der Waals surface area (Å²) < 4.78 is 24.0. The zero-order chi connectivity index (χ0) is 29.7. The summed E-state index contributed by atoms with van der Waals surface area (Å²) >= 11 is 1.50. The van der Waals surface area contributed by atoms with Crippen LogP contribution in [0.4, 0.5) is 16.3 Å². The minimum absolute atomic E-state index is 0.0444. The number of fused-ring (bicyclic) bond motifs is 4. The van der Waals surface area contributed by atoms with E-state index in [4.69, 9.17) is 23.9 Å². The molecule has 0 saturated carbocycles. The van der Waals surface area contributed by atoms with Crippen molar-refractivity contribution in [3.05, 3.63) is 53.9 Å². The highest BCUT2D eigenvalue weighted by molar-refractivity contribution is 7.22. The van der Waals surface area contributed by atoms with Crippen LogP contribution in [0.15, 0.2) is 42.7 Å². The standard InChI is InChI=1S/C31H30N6O5S/c1-17-11-20(27-21(12-17)34-24(39-4)15-33-27)30-35-26-18(2)13-22-28(29(26)43-30)40-16-25(41-22)42-31(38)36(3)19-7-8-23(32-14-19)37-9-5-6-10-37/h7-8,11-15,25H,5-6,9-10,16H2,1-4H3. The van der Waals surface area contributed by atoms with Crippen LogP contribution < -0.4 is 24.0 Å². The van der Waals surface area contributed by atoms with E-state index in [1.165, 1.54) is 29.1 Å². The molecule has 0 spiro atoms. The molecule has 2 aliphatic heterocycles. The first-order valence-electron chi connectivity index (χ1n) is 14.1. The second kappa shape index (κ2) is 10.8. The lowest BCUT2D eigenvalue weighted by atomic mass is 10.1. The first kappa shape index (κ1) is 27.1. The Bertz CT molecular complexity index is 1850. The summed E-state index contributed by atoms with van der Waals surface area (Å²) in [7, 11) is 3.22. The van der Waals surface area contributed by atoms with Gasteiger partial charge in [-0.15, -0.1) is 11.3 Å². The number of hydrogen-bond acceptors (Lipinski definition) is 11. The molecule has 3 aromatic heterocycles. The third kappa shape index (κ3) is 5.01. The second-order valence-corrected chi connectivity index (χ2v) is 11.7. The van der Waals surface area contributed by atoms with Gasteiger partial charge in [-0.2, -0.15) is 0 Å². The zero-order valence-corrected chi connectivity index (χ0v) is 25.1.